The minimum absolute atomic E-state index is 0.0846. The predicted molar refractivity (Wildman–Crippen MR) is 95.6 cm³/mol. The summed E-state index contributed by atoms with van der Waals surface area (Å²) in [7, 11) is 0. The Balaban J connectivity index is 1.43. The van der Waals surface area contributed by atoms with E-state index >= 15 is 0 Å². The van der Waals surface area contributed by atoms with E-state index in [1.165, 1.54) is 11.0 Å². The summed E-state index contributed by atoms with van der Waals surface area (Å²) in [4.78, 5) is 28.6. The Labute approximate surface area is 160 Å². The van der Waals surface area contributed by atoms with Crippen LogP contribution in [0, 0.1) is 11.6 Å². The summed E-state index contributed by atoms with van der Waals surface area (Å²) in [5.74, 6) is -1.65. The fraction of sp³-hybridized carbons (Fsp3) is 0.300. The largest absolute Gasteiger partial charge is 0.486 e. The van der Waals surface area contributed by atoms with Crippen LogP contribution in [0.2, 0.25) is 0 Å². The van der Waals surface area contributed by atoms with Crippen molar-refractivity contribution in [3.05, 3.63) is 59.2 Å². The van der Waals surface area contributed by atoms with Crippen LogP contribution in [0.5, 0.6) is 11.5 Å². The first-order chi connectivity index (χ1) is 13.5. The van der Waals surface area contributed by atoms with Crippen LogP contribution in [-0.4, -0.2) is 61.0 Å². The highest BCUT2D eigenvalue weighted by Gasteiger charge is 2.29. The van der Waals surface area contributed by atoms with E-state index in [1.54, 1.807) is 23.1 Å². The fourth-order valence-electron chi connectivity index (χ4n) is 3.34. The van der Waals surface area contributed by atoms with E-state index < -0.39 is 11.6 Å². The number of nitrogens with zero attached hydrogens (tertiary/aromatic N) is 2. The van der Waals surface area contributed by atoms with Crippen LogP contribution >= 0.6 is 0 Å². The molecule has 2 aliphatic heterocycles. The van der Waals surface area contributed by atoms with Crippen molar-refractivity contribution >= 4 is 11.8 Å². The minimum atomic E-state index is -1.06. The number of carbonyl (C=O) groups excluding carboxylic acids is 2. The van der Waals surface area contributed by atoms with Crippen molar-refractivity contribution in [2.24, 2.45) is 0 Å². The van der Waals surface area contributed by atoms with Crippen LogP contribution in [0.25, 0.3) is 0 Å². The van der Waals surface area contributed by atoms with Gasteiger partial charge in [0.2, 0.25) is 0 Å². The van der Waals surface area contributed by atoms with Gasteiger partial charge in [0, 0.05) is 31.7 Å². The lowest BCUT2D eigenvalue weighted by Crippen LogP contribution is -2.50. The number of carbonyl (C=O) groups is 2. The van der Waals surface area contributed by atoms with Gasteiger partial charge in [0.1, 0.15) is 13.2 Å². The molecule has 0 N–H and O–H groups in total. The zero-order valence-electron chi connectivity index (χ0n) is 15.0. The molecule has 2 aromatic carbocycles. The van der Waals surface area contributed by atoms with E-state index in [1.807, 2.05) is 0 Å². The molecule has 0 aliphatic carbocycles. The van der Waals surface area contributed by atoms with Crippen LogP contribution in [-0.2, 0) is 0 Å². The van der Waals surface area contributed by atoms with Crippen LogP contribution in [0.4, 0.5) is 8.78 Å². The van der Waals surface area contributed by atoms with E-state index in [2.05, 4.69) is 0 Å². The first-order valence-electron chi connectivity index (χ1n) is 8.97. The van der Waals surface area contributed by atoms with Gasteiger partial charge in [-0.25, -0.2) is 8.78 Å². The Kier molecular flexibility index (Phi) is 4.85. The molecule has 6 nitrogen and oxygen atoms in total. The average molecular weight is 388 g/mol. The number of fused-ring (bicyclic) bond motifs is 1. The second-order valence-electron chi connectivity index (χ2n) is 6.54. The van der Waals surface area contributed by atoms with E-state index in [9.17, 15) is 18.4 Å². The molecule has 0 aromatic heterocycles. The number of halogens is 2. The molecular weight excluding hydrogens is 370 g/mol. The van der Waals surface area contributed by atoms with Gasteiger partial charge in [-0.3, -0.25) is 9.59 Å². The molecule has 0 spiro atoms. The Hall–Kier alpha value is -3.16. The third-order valence-electron chi connectivity index (χ3n) is 4.82. The van der Waals surface area contributed by atoms with Crippen molar-refractivity contribution in [2.75, 3.05) is 39.4 Å². The monoisotopic (exact) mass is 388 g/mol. The molecule has 0 unspecified atom stereocenters. The number of amides is 2. The van der Waals surface area contributed by atoms with Gasteiger partial charge >= 0.3 is 0 Å². The van der Waals surface area contributed by atoms with E-state index in [-0.39, 0.29) is 17.4 Å². The van der Waals surface area contributed by atoms with Crippen molar-refractivity contribution in [2.45, 2.75) is 0 Å². The molecule has 0 radical (unpaired) electrons. The summed E-state index contributed by atoms with van der Waals surface area (Å²) in [5.41, 5.74) is 0.513. The highest BCUT2D eigenvalue weighted by molar-refractivity contribution is 5.98. The molecule has 0 bridgehead atoms. The minimum Gasteiger partial charge on any atom is -0.486 e. The molecule has 4 rings (SSSR count). The zero-order chi connectivity index (χ0) is 19.7. The highest BCUT2D eigenvalue weighted by Crippen LogP contribution is 2.34. The first kappa shape index (κ1) is 18.2. The maximum absolute atomic E-state index is 13.4. The molecule has 2 amide bonds. The molecule has 1 saturated heterocycles. The number of ether oxygens (including phenoxy) is 2. The maximum Gasteiger partial charge on any atom is 0.257 e. The average Bonchev–Trinajstić information content (AvgIpc) is 2.74. The van der Waals surface area contributed by atoms with E-state index in [0.717, 1.165) is 12.1 Å². The third-order valence-corrected chi connectivity index (χ3v) is 4.82. The topological polar surface area (TPSA) is 59.1 Å². The van der Waals surface area contributed by atoms with Gasteiger partial charge in [-0.1, -0.05) is 6.07 Å². The quantitative estimate of drug-likeness (QED) is 0.793. The van der Waals surface area contributed by atoms with Gasteiger partial charge in [-0.15, -0.1) is 0 Å². The number of rotatable bonds is 2. The normalized spacial score (nSPS) is 16.1. The lowest BCUT2D eigenvalue weighted by Gasteiger charge is -2.35. The molecule has 1 fully saturated rings. The maximum atomic E-state index is 13.4. The molecule has 146 valence electrons. The standard InChI is InChI=1S/C20H18F2N2O4/c21-15-5-4-13(12-16(15)22)19(25)23-6-8-24(9-7-23)20(26)14-2-1-3-17-18(14)28-11-10-27-17/h1-5,12H,6-11H2. The Morgan fingerprint density at radius 1 is 0.821 bits per heavy atom. The van der Waals surface area contributed by atoms with Gasteiger partial charge in [0.25, 0.3) is 11.8 Å². The second-order valence-corrected chi connectivity index (χ2v) is 6.54. The number of hydrogen-bond donors (Lipinski definition) is 0. The van der Waals surface area contributed by atoms with Crippen molar-refractivity contribution in [1.82, 2.24) is 9.80 Å². The summed E-state index contributed by atoms with van der Waals surface area (Å²) in [6, 6.07) is 8.26. The van der Waals surface area contributed by atoms with Gasteiger partial charge < -0.3 is 19.3 Å². The zero-order valence-corrected chi connectivity index (χ0v) is 15.0. The SMILES string of the molecule is O=C(c1ccc(F)c(F)c1)N1CCN(C(=O)c2cccc3c2OCCO3)CC1. The Morgan fingerprint density at radius 2 is 1.50 bits per heavy atom. The first-order valence-corrected chi connectivity index (χ1v) is 8.97. The van der Waals surface area contributed by atoms with Gasteiger partial charge in [-0.2, -0.15) is 0 Å². The highest BCUT2D eigenvalue weighted by atomic mass is 19.2. The lowest BCUT2D eigenvalue weighted by molar-refractivity contribution is 0.0530. The van der Waals surface area contributed by atoms with Crippen molar-refractivity contribution < 1.29 is 27.8 Å². The van der Waals surface area contributed by atoms with Gasteiger partial charge in [0.15, 0.2) is 23.1 Å². The summed E-state index contributed by atoms with van der Waals surface area (Å²) in [6.07, 6.45) is 0. The number of benzene rings is 2. The van der Waals surface area contributed by atoms with E-state index in [4.69, 9.17) is 9.47 Å². The molecule has 8 heteroatoms. The van der Waals surface area contributed by atoms with Gasteiger partial charge in [-0.05, 0) is 30.3 Å². The summed E-state index contributed by atoms with van der Waals surface area (Å²) >= 11 is 0. The smallest absolute Gasteiger partial charge is 0.257 e. The molecule has 0 atom stereocenters. The molecule has 28 heavy (non-hydrogen) atoms. The summed E-state index contributed by atoms with van der Waals surface area (Å²) in [6.45, 7) is 2.09. The number of piperazine rings is 1. The predicted octanol–water partition coefficient (Wildman–Crippen LogP) is 2.33. The van der Waals surface area contributed by atoms with Crippen molar-refractivity contribution in [1.29, 1.82) is 0 Å². The second kappa shape index (κ2) is 7.46. The molecule has 0 saturated carbocycles. The number of para-hydroxylation sites is 1. The van der Waals surface area contributed by atoms with Crippen molar-refractivity contribution in [3.8, 4) is 11.5 Å². The molecule has 2 aliphatic rings. The number of hydrogen-bond acceptors (Lipinski definition) is 4. The lowest BCUT2D eigenvalue weighted by atomic mass is 10.1. The summed E-state index contributed by atoms with van der Waals surface area (Å²) < 4.78 is 37.6. The fourth-order valence-corrected chi connectivity index (χ4v) is 3.34. The van der Waals surface area contributed by atoms with Crippen LogP contribution in [0.1, 0.15) is 20.7 Å². The molecular formula is C20H18F2N2O4. The van der Waals surface area contributed by atoms with Crippen LogP contribution in [0.3, 0.4) is 0 Å². The van der Waals surface area contributed by atoms with Crippen LogP contribution in [0.15, 0.2) is 36.4 Å². The molecule has 2 heterocycles. The Morgan fingerprint density at radius 3 is 2.21 bits per heavy atom. The van der Waals surface area contributed by atoms with Crippen LogP contribution < -0.4 is 9.47 Å². The third kappa shape index (κ3) is 3.37. The van der Waals surface area contributed by atoms with Gasteiger partial charge in [0.05, 0.1) is 5.56 Å². The summed E-state index contributed by atoms with van der Waals surface area (Å²) in [5, 5.41) is 0. The Bertz CT molecular complexity index is 926. The van der Waals surface area contributed by atoms with E-state index in [0.29, 0.717) is 56.5 Å². The molecule has 2 aromatic rings. The van der Waals surface area contributed by atoms with Crippen molar-refractivity contribution in [3.63, 3.8) is 0 Å².